The van der Waals surface area contributed by atoms with Crippen molar-refractivity contribution in [3.05, 3.63) is 39.4 Å². The number of rotatable bonds is 3. The van der Waals surface area contributed by atoms with Crippen LogP contribution in [0.25, 0.3) is 0 Å². The molecule has 0 aliphatic carbocycles. The summed E-state index contributed by atoms with van der Waals surface area (Å²) in [6, 6.07) is 4.62. The standard InChI is InChI=1S/C14H19N3O3.ClH/c1-10-9-12(17(19)20)3-4-13(10)14(18)16(2)11-5-7-15-8-6-11;/h3-4,9,11,15H,5-8H2,1-2H3;1H. The molecule has 116 valence electrons. The van der Waals surface area contributed by atoms with E-state index in [0.29, 0.717) is 11.1 Å². The number of aryl methyl sites for hydroxylation is 1. The molecule has 1 aromatic rings. The van der Waals surface area contributed by atoms with Gasteiger partial charge in [0, 0.05) is 30.8 Å². The highest BCUT2D eigenvalue weighted by Crippen LogP contribution is 2.20. The summed E-state index contributed by atoms with van der Waals surface area (Å²) in [6.45, 7) is 3.57. The molecule has 0 unspecified atom stereocenters. The van der Waals surface area contributed by atoms with Crippen LogP contribution in [0.5, 0.6) is 0 Å². The highest BCUT2D eigenvalue weighted by molar-refractivity contribution is 5.96. The Morgan fingerprint density at radius 1 is 1.38 bits per heavy atom. The van der Waals surface area contributed by atoms with Crippen LogP contribution in [0.2, 0.25) is 0 Å². The molecule has 0 spiro atoms. The van der Waals surface area contributed by atoms with Gasteiger partial charge in [-0.05, 0) is 44.5 Å². The predicted molar refractivity (Wildman–Crippen MR) is 83.1 cm³/mol. The van der Waals surface area contributed by atoms with E-state index in [0.717, 1.165) is 25.9 Å². The van der Waals surface area contributed by atoms with Crippen LogP contribution in [0, 0.1) is 17.0 Å². The molecule has 1 aliphatic heterocycles. The second-order valence-electron chi connectivity index (χ2n) is 5.15. The first kappa shape index (κ1) is 17.4. The van der Waals surface area contributed by atoms with Gasteiger partial charge < -0.3 is 10.2 Å². The lowest BCUT2D eigenvalue weighted by atomic mass is 10.0. The van der Waals surface area contributed by atoms with Crippen molar-refractivity contribution in [3.8, 4) is 0 Å². The van der Waals surface area contributed by atoms with E-state index in [1.165, 1.54) is 12.1 Å². The zero-order valence-corrected chi connectivity index (χ0v) is 13.0. The minimum absolute atomic E-state index is 0. The van der Waals surface area contributed by atoms with Gasteiger partial charge in [0.1, 0.15) is 0 Å². The molecule has 0 saturated carbocycles. The molecule has 7 heteroatoms. The molecular weight excluding hydrogens is 294 g/mol. The Kier molecular flexibility index (Phi) is 6.11. The van der Waals surface area contributed by atoms with Crippen LogP contribution in [0.1, 0.15) is 28.8 Å². The number of hydrogen-bond donors (Lipinski definition) is 1. The fraction of sp³-hybridized carbons (Fsp3) is 0.500. The third-order valence-corrected chi connectivity index (χ3v) is 3.83. The first-order chi connectivity index (χ1) is 9.50. The fourth-order valence-electron chi connectivity index (χ4n) is 2.55. The fourth-order valence-corrected chi connectivity index (χ4v) is 2.55. The highest BCUT2D eigenvalue weighted by Gasteiger charge is 2.24. The summed E-state index contributed by atoms with van der Waals surface area (Å²) < 4.78 is 0. The average Bonchev–Trinajstić information content (AvgIpc) is 2.46. The Hall–Kier alpha value is -1.66. The molecule has 0 atom stereocenters. The van der Waals surface area contributed by atoms with Crippen molar-refractivity contribution >= 4 is 24.0 Å². The van der Waals surface area contributed by atoms with Crippen molar-refractivity contribution in [1.29, 1.82) is 0 Å². The number of carbonyl (C=O) groups excluding carboxylic acids is 1. The number of non-ortho nitro benzene ring substituents is 1. The van der Waals surface area contributed by atoms with Crippen LogP contribution in [-0.2, 0) is 0 Å². The smallest absolute Gasteiger partial charge is 0.269 e. The van der Waals surface area contributed by atoms with Gasteiger partial charge in [-0.25, -0.2) is 0 Å². The molecular formula is C14H20ClN3O3. The molecule has 0 bridgehead atoms. The van der Waals surface area contributed by atoms with Crippen molar-refractivity contribution in [3.63, 3.8) is 0 Å². The summed E-state index contributed by atoms with van der Waals surface area (Å²) in [5.41, 5.74) is 1.20. The topological polar surface area (TPSA) is 75.5 Å². The van der Waals surface area contributed by atoms with E-state index in [4.69, 9.17) is 0 Å². The summed E-state index contributed by atoms with van der Waals surface area (Å²) in [6.07, 6.45) is 1.88. The first-order valence-electron chi connectivity index (χ1n) is 6.73. The summed E-state index contributed by atoms with van der Waals surface area (Å²) in [7, 11) is 1.80. The van der Waals surface area contributed by atoms with E-state index in [1.807, 2.05) is 0 Å². The van der Waals surface area contributed by atoms with Gasteiger partial charge >= 0.3 is 0 Å². The molecule has 1 amide bonds. The Morgan fingerprint density at radius 3 is 2.52 bits per heavy atom. The van der Waals surface area contributed by atoms with Gasteiger partial charge in [-0.15, -0.1) is 12.4 Å². The number of nitro groups is 1. The van der Waals surface area contributed by atoms with E-state index in [1.54, 1.807) is 24.9 Å². The van der Waals surface area contributed by atoms with Crippen molar-refractivity contribution in [1.82, 2.24) is 10.2 Å². The molecule has 1 aliphatic rings. The third kappa shape index (κ3) is 3.92. The van der Waals surface area contributed by atoms with Crippen LogP contribution < -0.4 is 5.32 Å². The van der Waals surface area contributed by atoms with Crippen LogP contribution in [-0.4, -0.2) is 41.9 Å². The maximum atomic E-state index is 12.5. The number of nitro benzene ring substituents is 1. The molecule has 0 radical (unpaired) electrons. The Morgan fingerprint density at radius 2 is 2.00 bits per heavy atom. The van der Waals surface area contributed by atoms with Crippen LogP contribution in [0.15, 0.2) is 18.2 Å². The second kappa shape index (κ2) is 7.38. The summed E-state index contributed by atoms with van der Waals surface area (Å²) in [5, 5.41) is 14.0. The number of piperidine rings is 1. The first-order valence-corrected chi connectivity index (χ1v) is 6.73. The summed E-state index contributed by atoms with van der Waals surface area (Å²) in [4.78, 5) is 24.5. The molecule has 0 aromatic heterocycles. The summed E-state index contributed by atoms with van der Waals surface area (Å²) >= 11 is 0. The van der Waals surface area contributed by atoms with Gasteiger partial charge in [0.25, 0.3) is 11.6 Å². The molecule has 1 fully saturated rings. The predicted octanol–water partition coefficient (Wildman–Crippen LogP) is 2.15. The quantitative estimate of drug-likeness (QED) is 0.685. The lowest BCUT2D eigenvalue weighted by Gasteiger charge is -2.32. The largest absolute Gasteiger partial charge is 0.339 e. The van der Waals surface area contributed by atoms with Gasteiger partial charge in [0.2, 0.25) is 0 Å². The minimum atomic E-state index is -0.447. The number of hydrogen-bond acceptors (Lipinski definition) is 4. The average molecular weight is 314 g/mol. The molecule has 21 heavy (non-hydrogen) atoms. The number of carbonyl (C=O) groups is 1. The van der Waals surface area contributed by atoms with Crippen LogP contribution in [0.4, 0.5) is 5.69 Å². The highest BCUT2D eigenvalue weighted by atomic mass is 35.5. The summed E-state index contributed by atoms with van der Waals surface area (Å²) in [5.74, 6) is -0.0655. The normalized spacial score (nSPS) is 15.1. The number of nitrogens with zero attached hydrogens (tertiary/aromatic N) is 2. The Labute approximate surface area is 130 Å². The van der Waals surface area contributed by atoms with Crippen LogP contribution in [0.3, 0.4) is 0 Å². The number of halogens is 1. The van der Waals surface area contributed by atoms with E-state index in [-0.39, 0.29) is 30.0 Å². The second-order valence-corrected chi connectivity index (χ2v) is 5.15. The zero-order chi connectivity index (χ0) is 14.7. The monoisotopic (exact) mass is 313 g/mol. The van der Waals surface area contributed by atoms with Gasteiger partial charge in [0.05, 0.1) is 4.92 Å². The van der Waals surface area contributed by atoms with Gasteiger partial charge in [-0.2, -0.15) is 0 Å². The van der Waals surface area contributed by atoms with E-state index < -0.39 is 4.92 Å². The Bertz CT molecular complexity index is 530. The maximum absolute atomic E-state index is 12.5. The third-order valence-electron chi connectivity index (χ3n) is 3.83. The van der Waals surface area contributed by atoms with Crippen molar-refractivity contribution in [2.75, 3.05) is 20.1 Å². The van der Waals surface area contributed by atoms with Crippen molar-refractivity contribution in [2.45, 2.75) is 25.8 Å². The van der Waals surface area contributed by atoms with Crippen molar-refractivity contribution < 1.29 is 9.72 Å². The molecule has 1 N–H and O–H groups in total. The molecule has 2 rings (SSSR count). The van der Waals surface area contributed by atoms with E-state index in [9.17, 15) is 14.9 Å². The Balaban J connectivity index is 0.00000220. The SMILES string of the molecule is Cc1cc([N+](=O)[O-])ccc1C(=O)N(C)C1CCNCC1.Cl. The van der Waals surface area contributed by atoms with Gasteiger partial charge in [0.15, 0.2) is 0 Å². The number of benzene rings is 1. The molecule has 1 aromatic carbocycles. The lowest BCUT2D eigenvalue weighted by Crippen LogP contribution is -2.44. The van der Waals surface area contributed by atoms with E-state index in [2.05, 4.69) is 5.32 Å². The lowest BCUT2D eigenvalue weighted by molar-refractivity contribution is -0.384. The number of amides is 1. The minimum Gasteiger partial charge on any atom is -0.339 e. The van der Waals surface area contributed by atoms with Crippen LogP contribution >= 0.6 is 12.4 Å². The molecule has 1 saturated heterocycles. The number of nitrogens with one attached hydrogen (secondary N) is 1. The zero-order valence-electron chi connectivity index (χ0n) is 12.2. The molecule has 6 nitrogen and oxygen atoms in total. The van der Waals surface area contributed by atoms with Crippen molar-refractivity contribution in [2.24, 2.45) is 0 Å². The van der Waals surface area contributed by atoms with Gasteiger partial charge in [-0.3, -0.25) is 14.9 Å². The van der Waals surface area contributed by atoms with E-state index >= 15 is 0 Å². The molecule has 1 heterocycles. The maximum Gasteiger partial charge on any atom is 0.269 e. The van der Waals surface area contributed by atoms with Gasteiger partial charge in [-0.1, -0.05) is 0 Å².